The highest BCUT2D eigenvalue weighted by Crippen LogP contribution is 2.46. The van der Waals surface area contributed by atoms with Crippen LogP contribution >= 0.6 is 11.8 Å². The maximum Gasteiger partial charge on any atom is 0.353 e. The Labute approximate surface area is 108 Å². The molecule has 1 atom stereocenters. The van der Waals surface area contributed by atoms with Crippen LogP contribution in [0.15, 0.2) is 10.6 Å². The molecule has 1 amide bonds. The fraction of sp³-hybridized carbons (Fsp3) is 0.556. The topological polar surface area (TPSA) is 118 Å². The molecule has 2 aliphatic heterocycles. The van der Waals surface area contributed by atoms with E-state index in [0.29, 0.717) is 0 Å². The number of β-lactam (4-membered cyclic amide) rings is 1. The van der Waals surface area contributed by atoms with Crippen molar-refractivity contribution in [2.45, 2.75) is 11.8 Å². The third-order valence-electron chi connectivity index (χ3n) is 2.67. The molecule has 7 nitrogen and oxygen atoms in total. The first-order valence-electron chi connectivity index (χ1n) is 5.21. The van der Waals surface area contributed by atoms with E-state index < -0.39 is 15.8 Å². The highest BCUT2D eigenvalue weighted by Gasteiger charge is 2.48. The largest absolute Gasteiger partial charge is 0.477 e. The number of carbonyl (C=O) groups is 2. The van der Waals surface area contributed by atoms with Gasteiger partial charge in [0.2, 0.25) is 5.91 Å². The number of nitrogens with two attached hydrogens (primary N) is 1. The minimum absolute atomic E-state index is 0.00520. The summed E-state index contributed by atoms with van der Waals surface area (Å²) < 4.78 is 23.3. The van der Waals surface area contributed by atoms with Gasteiger partial charge in [-0.15, -0.1) is 11.8 Å². The molecule has 0 saturated carbocycles. The van der Waals surface area contributed by atoms with Crippen molar-refractivity contribution in [2.75, 3.05) is 18.1 Å². The number of fused-ring (bicyclic) bond motifs is 1. The van der Waals surface area contributed by atoms with E-state index in [9.17, 15) is 18.0 Å². The fourth-order valence-electron chi connectivity index (χ4n) is 1.88. The summed E-state index contributed by atoms with van der Waals surface area (Å²) in [4.78, 5) is 23.8. The summed E-state index contributed by atoms with van der Waals surface area (Å²) in [6, 6.07) is 0. The monoisotopic (exact) mass is 292 g/mol. The summed E-state index contributed by atoms with van der Waals surface area (Å²) in [5, 5.41) is 8.81. The predicted octanol–water partition coefficient (Wildman–Crippen LogP) is -1.04. The lowest BCUT2D eigenvalue weighted by Gasteiger charge is -2.33. The molecule has 100 valence electrons. The lowest BCUT2D eigenvalue weighted by Crippen LogP contribution is -2.48. The Morgan fingerprint density at radius 2 is 2.22 bits per heavy atom. The van der Waals surface area contributed by atoms with Gasteiger partial charge in [-0.3, -0.25) is 9.69 Å². The zero-order chi connectivity index (χ0) is 13.5. The molecule has 9 heteroatoms. The molecular weight excluding hydrogens is 280 g/mol. The number of hydrogen-bond donors (Lipinski definition) is 2. The molecule has 0 aromatic rings. The summed E-state index contributed by atoms with van der Waals surface area (Å²) in [5.41, 5.74) is 5.00. The van der Waals surface area contributed by atoms with Gasteiger partial charge in [0.1, 0.15) is 5.70 Å². The van der Waals surface area contributed by atoms with Crippen molar-refractivity contribution < 1.29 is 23.1 Å². The van der Waals surface area contributed by atoms with Crippen LogP contribution in [0, 0.1) is 0 Å². The van der Waals surface area contributed by atoms with E-state index in [2.05, 4.69) is 0 Å². The molecule has 1 fully saturated rings. The van der Waals surface area contributed by atoms with Crippen LogP contribution in [0.3, 0.4) is 0 Å². The molecule has 0 aromatic heterocycles. The molecule has 0 radical (unpaired) electrons. The zero-order valence-electron chi connectivity index (χ0n) is 9.33. The smallest absolute Gasteiger partial charge is 0.353 e. The average molecular weight is 292 g/mol. The van der Waals surface area contributed by atoms with Crippen molar-refractivity contribution in [3.05, 3.63) is 10.6 Å². The maximum atomic E-state index is 11.6. The van der Waals surface area contributed by atoms with Crippen molar-refractivity contribution in [1.29, 1.82) is 0 Å². The van der Waals surface area contributed by atoms with E-state index in [-0.39, 0.29) is 46.4 Å². The van der Waals surface area contributed by atoms with E-state index in [1.54, 1.807) is 0 Å². The van der Waals surface area contributed by atoms with Crippen molar-refractivity contribution in [1.82, 2.24) is 4.90 Å². The number of amides is 1. The number of hydrogen-bond acceptors (Lipinski definition) is 6. The maximum absolute atomic E-state index is 11.6. The van der Waals surface area contributed by atoms with Crippen LogP contribution in [0.25, 0.3) is 0 Å². The first kappa shape index (κ1) is 13.4. The first-order chi connectivity index (χ1) is 8.35. The highest BCUT2D eigenvalue weighted by atomic mass is 32.2. The van der Waals surface area contributed by atoms with Crippen LogP contribution in [-0.2, 0) is 19.4 Å². The quantitative estimate of drug-likeness (QED) is 0.621. The van der Waals surface area contributed by atoms with Crippen molar-refractivity contribution in [2.24, 2.45) is 5.73 Å². The number of carboxylic acids is 1. The number of carboxylic acid groups (broad SMARTS) is 1. The fourth-order valence-corrected chi connectivity index (χ4v) is 4.91. The second-order valence-corrected chi connectivity index (χ2v) is 7.45. The van der Waals surface area contributed by atoms with Crippen LogP contribution in [0.1, 0.15) is 6.42 Å². The Bertz CT molecular complexity index is 539. The highest BCUT2D eigenvalue weighted by molar-refractivity contribution is 8.05. The number of sulfone groups is 1. The number of nitrogens with zero attached hydrogens (tertiary/aromatic N) is 1. The van der Waals surface area contributed by atoms with E-state index in [1.807, 2.05) is 0 Å². The molecule has 2 heterocycles. The molecule has 2 rings (SSSR count). The van der Waals surface area contributed by atoms with Gasteiger partial charge in [-0.1, -0.05) is 0 Å². The van der Waals surface area contributed by atoms with Gasteiger partial charge in [-0.05, 0) is 0 Å². The van der Waals surface area contributed by atoms with Crippen LogP contribution in [0.5, 0.6) is 0 Å². The average Bonchev–Trinajstić information content (AvgIpc) is 2.50. The van der Waals surface area contributed by atoms with E-state index in [4.69, 9.17) is 10.8 Å². The molecule has 0 aliphatic carbocycles. The van der Waals surface area contributed by atoms with Gasteiger partial charge in [0.05, 0.1) is 23.3 Å². The van der Waals surface area contributed by atoms with Crippen LogP contribution < -0.4 is 5.73 Å². The number of thioether (sulfide) groups is 1. The molecule has 1 saturated heterocycles. The minimum Gasteiger partial charge on any atom is -0.477 e. The third kappa shape index (κ3) is 2.25. The van der Waals surface area contributed by atoms with Gasteiger partial charge in [0.25, 0.3) is 0 Å². The van der Waals surface area contributed by atoms with Crippen molar-refractivity contribution in [3.63, 3.8) is 0 Å². The van der Waals surface area contributed by atoms with Crippen molar-refractivity contribution in [3.8, 4) is 0 Å². The summed E-state index contributed by atoms with van der Waals surface area (Å²) in [7, 11) is -3.42. The van der Waals surface area contributed by atoms with Crippen LogP contribution in [0.2, 0.25) is 0 Å². The summed E-state index contributed by atoms with van der Waals surface area (Å²) in [6.07, 6.45) is 0.252. The third-order valence-corrected chi connectivity index (χ3v) is 5.71. The summed E-state index contributed by atoms with van der Waals surface area (Å²) in [6.45, 7) is -0.00520. The Morgan fingerprint density at radius 1 is 1.56 bits per heavy atom. The Hall–Kier alpha value is -1.06. The van der Waals surface area contributed by atoms with Crippen LogP contribution in [0.4, 0.5) is 0 Å². The molecule has 18 heavy (non-hydrogen) atoms. The number of rotatable bonds is 5. The summed E-state index contributed by atoms with van der Waals surface area (Å²) in [5.74, 6) is -2.11. The molecule has 0 aromatic carbocycles. The second-order valence-electron chi connectivity index (χ2n) is 4.00. The standard InChI is InChI=1S/C9H12N2O5S2/c10-1-2-18(15,16)4-5-8(9(13)14)11-6(12)3-7(11)17-5/h7H,1-4,10H2,(H,13,14)/t7-/m1/s1. The lowest BCUT2D eigenvalue weighted by molar-refractivity contribution is -0.145. The second kappa shape index (κ2) is 4.56. The van der Waals surface area contributed by atoms with Gasteiger partial charge in [0.15, 0.2) is 9.84 Å². The number of carbonyl (C=O) groups excluding carboxylic acids is 1. The van der Waals surface area contributed by atoms with Gasteiger partial charge in [-0.2, -0.15) is 0 Å². The minimum atomic E-state index is -3.42. The van der Waals surface area contributed by atoms with Gasteiger partial charge < -0.3 is 10.8 Å². The Morgan fingerprint density at radius 3 is 2.72 bits per heavy atom. The van der Waals surface area contributed by atoms with Gasteiger partial charge in [-0.25, -0.2) is 13.2 Å². The predicted molar refractivity (Wildman–Crippen MR) is 65.2 cm³/mol. The Kier molecular flexibility index (Phi) is 3.39. The molecule has 3 N–H and O–H groups in total. The molecule has 2 aliphatic rings. The Balaban J connectivity index is 2.27. The normalized spacial score (nSPS) is 23.1. The molecule has 0 spiro atoms. The van der Waals surface area contributed by atoms with E-state index in [0.717, 1.165) is 16.7 Å². The zero-order valence-corrected chi connectivity index (χ0v) is 11.0. The van der Waals surface area contributed by atoms with Crippen LogP contribution in [-0.4, -0.2) is 53.7 Å². The van der Waals surface area contributed by atoms with Crippen molar-refractivity contribution >= 4 is 33.5 Å². The van der Waals surface area contributed by atoms with E-state index >= 15 is 0 Å². The van der Waals surface area contributed by atoms with E-state index in [1.165, 1.54) is 0 Å². The first-order valence-corrected chi connectivity index (χ1v) is 7.91. The molecule has 0 unspecified atom stereocenters. The SMILES string of the molecule is NCCS(=O)(=O)CC1=C(C(=O)O)N2C(=O)C[C@H]2S1. The lowest BCUT2D eigenvalue weighted by atomic mass is 10.1. The number of aliphatic carboxylic acids is 1. The van der Waals surface area contributed by atoms with Gasteiger partial charge >= 0.3 is 5.97 Å². The van der Waals surface area contributed by atoms with Gasteiger partial charge in [0, 0.05) is 11.4 Å². The molecule has 0 bridgehead atoms. The summed E-state index contributed by atoms with van der Waals surface area (Å²) >= 11 is 1.14. The molecular formula is C9H12N2O5S2.